The normalized spacial score (nSPS) is 25.5. The van der Waals surface area contributed by atoms with Crippen molar-refractivity contribution >= 4 is 5.97 Å². The van der Waals surface area contributed by atoms with Gasteiger partial charge in [-0.15, -0.1) is 0 Å². The summed E-state index contributed by atoms with van der Waals surface area (Å²) in [6.45, 7) is 3.49. The van der Waals surface area contributed by atoms with Crippen molar-refractivity contribution in [2.24, 2.45) is 5.92 Å². The van der Waals surface area contributed by atoms with E-state index in [9.17, 15) is 4.79 Å². The first kappa shape index (κ1) is 21.0. The smallest absolute Gasteiger partial charge is 0.302 e. The number of likely N-dealkylation sites (tertiary alicyclic amines) is 1. The number of esters is 1. The molecule has 0 N–H and O–H groups in total. The van der Waals surface area contributed by atoms with E-state index >= 15 is 0 Å². The largest absolute Gasteiger partial charge is 0.493 e. The summed E-state index contributed by atoms with van der Waals surface area (Å²) in [6.07, 6.45) is 9.87. The SMILES string of the molecule is COc1ccc(CCC[C@@H]2CCCC[C@H]2N2CC[C@@H](OC(C)=O)C2)cc1OC. The van der Waals surface area contributed by atoms with Gasteiger partial charge in [-0.25, -0.2) is 0 Å². The number of hydrogen-bond donors (Lipinski definition) is 0. The van der Waals surface area contributed by atoms with Crippen molar-refractivity contribution in [1.82, 2.24) is 4.90 Å². The Morgan fingerprint density at radius 2 is 1.89 bits per heavy atom. The van der Waals surface area contributed by atoms with Crippen molar-refractivity contribution in [3.05, 3.63) is 23.8 Å². The Labute approximate surface area is 169 Å². The van der Waals surface area contributed by atoms with Crippen LogP contribution in [0.4, 0.5) is 0 Å². The molecule has 0 unspecified atom stereocenters. The van der Waals surface area contributed by atoms with Gasteiger partial charge < -0.3 is 14.2 Å². The van der Waals surface area contributed by atoms with Crippen LogP contribution < -0.4 is 9.47 Å². The lowest BCUT2D eigenvalue weighted by Crippen LogP contribution is -2.41. The first-order chi connectivity index (χ1) is 13.6. The third-order valence-electron chi connectivity index (χ3n) is 6.34. The van der Waals surface area contributed by atoms with Gasteiger partial charge >= 0.3 is 5.97 Å². The van der Waals surface area contributed by atoms with Gasteiger partial charge in [0.25, 0.3) is 0 Å². The van der Waals surface area contributed by atoms with Crippen LogP contribution >= 0.6 is 0 Å². The number of carbonyl (C=O) groups is 1. The molecule has 1 saturated heterocycles. The highest BCUT2D eigenvalue weighted by Gasteiger charge is 2.35. The van der Waals surface area contributed by atoms with Crippen molar-refractivity contribution in [2.45, 2.75) is 70.4 Å². The van der Waals surface area contributed by atoms with E-state index in [1.807, 2.05) is 6.07 Å². The van der Waals surface area contributed by atoms with E-state index < -0.39 is 0 Å². The molecule has 0 spiro atoms. The zero-order valence-electron chi connectivity index (χ0n) is 17.6. The summed E-state index contributed by atoms with van der Waals surface area (Å²) in [7, 11) is 3.36. The maximum absolute atomic E-state index is 11.3. The first-order valence-corrected chi connectivity index (χ1v) is 10.7. The standard InChI is InChI=1S/C23H35NO4/c1-17(25)28-20-13-14-24(16-20)21-10-5-4-8-19(21)9-6-7-18-11-12-22(26-2)23(15-18)27-3/h11-12,15,19-21H,4-10,13-14,16H2,1-3H3/t19-,20+,21+/m0/s1. The van der Waals surface area contributed by atoms with E-state index in [1.165, 1.54) is 51.0 Å². The minimum atomic E-state index is -0.151. The maximum atomic E-state index is 11.3. The van der Waals surface area contributed by atoms with E-state index in [4.69, 9.17) is 14.2 Å². The number of nitrogens with zero attached hydrogens (tertiary/aromatic N) is 1. The van der Waals surface area contributed by atoms with Crippen molar-refractivity contribution in [2.75, 3.05) is 27.3 Å². The lowest BCUT2D eigenvalue weighted by Gasteiger charge is -2.38. The topological polar surface area (TPSA) is 48.0 Å². The van der Waals surface area contributed by atoms with Gasteiger partial charge in [0.1, 0.15) is 6.10 Å². The summed E-state index contributed by atoms with van der Waals surface area (Å²) in [4.78, 5) is 13.8. The molecule has 2 fully saturated rings. The highest BCUT2D eigenvalue weighted by molar-refractivity contribution is 5.66. The van der Waals surface area contributed by atoms with E-state index in [0.717, 1.165) is 43.3 Å². The van der Waals surface area contributed by atoms with Crippen molar-refractivity contribution in [3.63, 3.8) is 0 Å². The molecular weight excluding hydrogens is 354 g/mol. The number of carbonyl (C=O) groups excluding carboxylic acids is 1. The first-order valence-electron chi connectivity index (χ1n) is 10.7. The molecule has 3 rings (SSSR count). The summed E-state index contributed by atoms with van der Waals surface area (Å²) in [5, 5.41) is 0. The summed E-state index contributed by atoms with van der Waals surface area (Å²) in [5.74, 6) is 2.20. The van der Waals surface area contributed by atoms with Crippen LogP contribution in [0, 0.1) is 5.92 Å². The van der Waals surface area contributed by atoms with Crippen molar-refractivity contribution in [1.29, 1.82) is 0 Å². The summed E-state index contributed by atoms with van der Waals surface area (Å²) in [6, 6.07) is 6.89. The van der Waals surface area contributed by atoms with E-state index in [0.29, 0.717) is 6.04 Å². The van der Waals surface area contributed by atoms with E-state index in [-0.39, 0.29) is 12.1 Å². The number of hydrogen-bond acceptors (Lipinski definition) is 5. The van der Waals surface area contributed by atoms with Crippen LogP contribution in [0.3, 0.4) is 0 Å². The van der Waals surface area contributed by atoms with Gasteiger partial charge in [0.05, 0.1) is 14.2 Å². The third kappa shape index (κ3) is 5.40. The Bertz CT molecular complexity index is 647. The molecule has 0 aromatic heterocycles. The maximum Gasteiger partial charge on any atom is 0.302 e. The molecule has 28 heavy (non-hydrogen) atoms. The average Bonchev–Trinajstić information content (AvgIpc) is 3.15. The summed E-state index contributed by atoms with van der Waals surface area (Å²) < 4.78 is 16.2. The predicted octanol–water partition coefficient (Wildman–Crippen LogP) is 4.22. The highest BCUT2D eigenvalue weighted by Crippen LogP contribution is 2.35. The van der Waals surface area contributed by atoms with Gasteiger partial charge in [-0.1, -0.05) is 18.9 Å². The van der Waals surface area contributed by atoms with Gasteiger partial charge in [-0.3, -0.25) is 9.69 Å². The van der Waals surface area contributed by atoms with Crippen LogP contribution in [0.15, 0.2) is 18.2 Å². The second-order valence-electron chi connectivity index (χ2n) is 8.21. The number of rotatable bonds is 8. The monoisotopic (exact) mass is 389 g/mol. The molecule has 5 nitrogen and oxygen atoms in total. The molecule has 0 amide bonds. The molecule has 1 saturated carbocycles. The molecule has 0 bridgehead atoms. The van der Waals surface area contributed by atoms with Crippen molar-refractivity contribution in [3.8, 4) is 11.5 Å². The van der Waals surface area contributed by atoms with Crippen molar-refractivity contribution < 1.29 is 19.0 Å². The molecular formula is C23H35NO4. The van der Waals surface area contributed by atoms with Gasteiger partial charge in [0.15, 0.2) is 11.5 Å². The Balaban J connectivity index is 1.52. The number of methoxy groups -OCH3 is 2. The molecule has 5 heteroatoms. The molecule has 1 heterocycles. The molecule has 1 aromatic carbocycles. The predicted molar refractivity (Wildman–Crippen MR) is 110 cm³/mol. The zero-order chi connectivity index (χ0) is 19.9. The quantitative estimate of drug-likeness (QED) is 0.623. The Kier molecular flexibility index (Phi) is 7.60. The molecule has 1 aliphatic carbocycles. The van der Waals surface area contributed by atoms with Gasteiger partial charge in [0, 0.05) is 26.1 Å². The van der Waals surface area contributed by atoms with Crippen LogP contribution in [0.25, 0.3) is 0 Å². The second-order valence-corrected chi connectivity index (χ2v) is 8.21. The van der Waals surface area contributed by atoms with Crippen LogP contribution in [0.5, 0.6) is 11.5 Å². The molecule has 2 aliphatic rings. The Morgan fingerprint density at radius 3 is 2.64 bits per heavy atom. The Hall–Kier alpha value is -1.75. The summed E-state index contributed by atoms with van der Waals surface area (Å²) in [5.41, 5.74) is 1.31. The van der Waals surface area contributed by atoms with Crippen LogP contribution in [0.1, 0.15) is 57.4 Å². The fourth-order valence-electron chi connectivity index (χ4n) is 5.00. The van der Waals surface area contributed by atoms with E-state index in [2.05, 4.69) is 17.0 Å². The minimum Gasteiger partial charge on any atom is -0.493 e. The van der Waals surface area contributed by atoms with Crippen LogP contribution in [0.2, 0.25) is 0 Å². The summed E-state index contributed by atoms with van der Waals surface area (Å²) >= 11 is 0. The Morgan fingerprint density at radius 1 is 1.11 bits per heavy atom. The fraction of sp³-hybridized carbons (Fsp3) is 0.696. The highest BCUT2D eigenvalue weighted by atomic mass is 16.5. The van der Waals surface area contributed by atoms with Gasteiger partial charge in [0.2, 0.25) is 0 Å². The average molecular weight is 390 g/mol. The minimum absolute atomic E-state index is 0.0897. The lowest BCUT2D eigenvalue weighted by atomic mass is 9.80. The van der Waals surface area contributed by atoms with Gasteiger partial charge in [-0.2, -0.15) is 0 Å². The third-order valence-corrected chi connectivity index (χ3v) is 6.34. The molecule has 1 aliphatic heterocycles. The fourth-order valence-corrected chi connectivity index (χ4v) is 5.00. The van der Waals surface area contributed by atoms with Crippen LogP contribution in [-0.4, -0.2) is 50.3 Å². The zero-order valence-corrected chi connectivity index (χ0v) is 17.6. The second kappa shape index (κ2) is 10.1. The van der Waals surface area contributed by atoms with Crippen LogP contribution in [-0.2, 0) is 16.0 Å². The number of ether oxygens (including phenoxy) is 3. The number of benzene rings is 1. The van der Waals surface area contributed by atoms with E-state index in [1.54, 1.807) is 14.2 Å². The molecule has 0 radical (unpaired) electrons. The van der Waals surface area contributed by atoms with Gasteiger partial charge in [-0.05, 0) is 62.1 Å². The lowest BCUT2D eigenvalue weighted by molar-refractivity contribution is -0.145. The molecule has 3 atom stereocenters. The molecule has 156 valence electrons. The molecule has 1 aromatic rings. The number of aryl methyl sites for hydroxylation is 1.